The van der Waals surface area contributed by atoms with Crippen LogP contribution < -0.4 is 4.57 Å². The van der Waals surface area contributed by atoms with Gasteiger partial charge in [0.15, 0.2) is 0 Å². The molecule has 0 aromatic carbocycles. The molecule has 0 bridgehead atoms. The molecular weight excluding hydrogens is 544 g/mol. The molecule has 1 aromatic rings. The van der Waals surface area contributed by atoms with E-state index in [0.29, 0.717) is 0 Å². The van der Waals surface area contributed by atoms with Gasteiger partial charge in [0.25, 0.3) is 5.82 Å². The van der Waals surface area contributed by atoms with Gasteiger partial charge in [0.2, 0.25) is 0 Å². The summed E-state index contributed by atoms with van der Waals surface area (Å²) in [4.78, 5) is 0. The minimum absolute atomic E-state index is 1.23. The molecule has 0 N–H and O–H groups in total. The van der Waals surface area contributed by atoms with Crippen molar-refractivity contribution in [2.24, 2.45) is 0 Å². The maximum Gasteiger partial charge on any atom is 0.256 e. The smallest absolute Gasteiger partial charge is 0.234 e. The number of imidazole rings is 1. The lowest BCUT2D eigenvalue weighted by atomic mass is 10.0. The fourth-order valence-electron chi connectivity index (χ4n) is 7.21. The summed E-state index contributed by atoms with van der Waals surface area (Å²) in [5.41, 5.74) is 0. The van der Waals surface area contributed by atoms with Gasteiger partial charge in [-0.3, -0.25) is 0 Å². The number of rotatable bonds is 37. The second-order valence-electron chi connectivity index (χ2n) is 14.8. The van der Waals surface area contributed by atoms with Crippen LogP contribution in [0.15, 0.2) is 12.4 Å². The molecule has 0 unspecified atom stereocenters. The van der Waals surface area contributed by atoms with Crippen molar-refractivity contribution in [2.75, 3.05) is 0 Å². The summed E-state index contributed by atoms with van der Waals surface area (Å²) in [6.07, 6.45) is 54.9. The van der Waals surface area contributed by atoms with Crippen molar-refractivity contribution in [3.63, 3.8) is 0 Å². The second kappa shape index (κ2) is 34.5. The van der Waals surface area contributed by atoms with Gasteiger partial charge in [-0.15, -0.1) is 0 Å². The zero-order chi connectivity index (χ0) is 32.3. The lowest BCUT2D eigenvalue weighted by molar-refractivity contribution is -0.704. The first-order valence-electron chi connectivity index (χ1n) is 21.4. The molecule has 0 spiro atoms. The molecule has 0 aliphatic rings. The van der Waals surface area contributed by atoms with Gasteiger partial charge in [0, 0.05) is 6.42 Å². The Labute approximate surface area is 285 Å². The Morgan fingerprint density at radius 3 is 1.07 bits per heavy atom. The molecule has 0 fully saturated rings. The van der Waals surface area contributed by atoms with Crippen molar-refractivity contribution in [2.45, 2.75) is 259 Å². The van der Waals surface area contributed by atoms with Crippen molar-refractivity contribution in [1.29, 1.82) is 0 Å². The van der Waals surface area contributed by atoms with Crippen LogP contribution >= 0.6 is 0 Å². The molecule has 2 nitrogen and oxygen atoms in total. The molecule has 45 heavy (non-hydrogen) atoms. The van der Waals surface area contributed by atoms with Gasteiger partial charge in [-0.05, 0) is 32.1 Å². The Morgan fingerprint density at radius 1 is 0.378 bits per heavy atom. The van der Waals surface area contributed by atoms with Crippen LogP contribution in [0.3, 0.4) is 0 Å². The Hall–Kier alpha value is -0.790. The SMILES string of the molecule is CCCCCCCCCCCCCCCCCCc1n(CCCCCCCCCCCC)cc[n+]1CCCCCCCCCC. The van der Waals surface area contributed by atoms with E-state index in [1.54, 1.807) is 5.82 Å². The van der Waals surface area contributed by atoms with E-state index in [2.05, 4.69) is 42.3 Å². The van der Waals surface area contributed by atoms with Crippen LogP contribution in [0.1, 0.15) is 245 Å². The van der Waals surface area contributed by atoms with Crippen LogP contribution in [0.25, 0.3) is 0 Å². The maximum absolute atomic E-state index is 2.64. The third-order valence-electron chi connectivity index (χ3n) is 10.3. The van der Waals surface area contributed by atoms with E-state index in [1.807, 2.05) is 0 Å². The third kappa shape index (κ3) is 26.9. The van der Waals surface area contributed by atoms with Gasteiger partial charge in [0.1, 0.15) is 12.4 Å². The zero-order valence-corrected chi connectivity index (χ0v) is 31.7. The molecule has 0 radical (unpaired) electrons. The van der Waals surface area contributed by atoms with Gasteiger partial charge >= 0.3 is 0 Å². The lowest BCUT2D eigenvalue weighted by Gasteiger charge is -2.07. The van der Waals surface area contributed by atoms with Crippen LogP contribution in [-0.2, 0) is 19.5 Å². The Morgan fingerprint density at radius 2 is 0.689 bits per heavy atom. The number of aromatic nitrogens is 2. The molecular formula is C43H85N2+. The first-order chi connectivity index (χ1) is 22.3. The molecule has 2 heteroatoms. The molecule has 0 aliphatic heterocycles. The average Bonchev–Trinajstić information content (AvgIpc) is 3.43. The monoisotopic (exact) mass is 630 g/mol. The van der Waals surface area contributed by atoms with E-state index in [0.717, 1.165) is 0 Å². The van der Waals surface area contributed by atoms with Gasteiger partial charge < -0.3 is 0 Å². The zero-order valence-electron chi connectivity index (χ0n) is 31.7. The van der Waals surface area contributed by atoms with Crippen molar-refractivity contribution in [3.8, 4) is 0 Å². The van der Waals surface area contributed by atoms with Crippen LogP contribution in [0, 0.1) is 0 Å². The molecule has 1 rings (SSSR count). The molecule has 1 aromatic heterocycles. The predicted molar refractivity (Wildman–Crippen MR) is 202 cm³/mol. The summed E-state index contributed by atoms with van der Waals surface area (Å²) in [5.74, 6) is 1.62. The van der Waals surface area contributed by atoms with E-state index < -0.39 is 0 Å². The number of unbranched alkanes of at least 4 members (excludes halogenated alkanes) is 31. The summed E-state index contributed by atoms with van der Waals surface area (Å²) in [5, 5.41) is 0. The minimum atomic E-state index is 1.23. The van der Waals surface area contributed by atoms with Crippen LogP contribution in [0.2, 0.25) is 0 Å². The summed E-state index contributed by atoms with van der Waals surface area (Å²) >= 11 is 0. The topological polar surface area (TPSA) is 8.81 Å². The maximum atomic E-state index is 2.64. The Kier molecular flexibility index (Phi) is 32.4. The highest BCUT2D eigenvalue weighted by Crippen LogP contribution is 2.16. The second-order valence-corrected chi connectivity index (χ2v) is 14.8. The fourth-order valence-corrected chi connectivity index (χ4v) is 7.21. The van der Waals surface area contributed by atoms with Crippen molar-refractivity contribution >= 4 is 0 Å². The normalized spacial score (nSPS) is 11.6. The van der Waals surface area contributed by atoms with Crippen molar-refractivity contribution in [1.82, 2.24) is 4.57 Å². The van der Waals surface area contributed by atoms with Gasteiger partial charge in [-0.2, -0.15) is 0 Å². The molecule has 0 atom stereocenters. The standard InChI is InChI=1S/C43H85N2/c1-4-7-10-13-16-19-21-22-23-24-25-26-27-29-32-35-38-43-44(39-36-33-30-18-15-12-9-6-3)41-42-45(43)40-37-34-31-28-20-17-14-11-8-5-2/h41-42H,4-40H2,1-3H3/q+1. The molecule has 1 heterocycles. The first kappa shape index (κ1) is 42.2. The summed E-state index contributed by atoms with van der Waals surface area (Å²) in [6.45, 7) is 9.41. The fraction of sp³-hybridized carbons (Fsp3) is 0.930. The van der Waals surface area contributed by atoms with Gasteiger partial charge in [0.05, 0.1) is 13.1 Å². The number of hydrogen-bond acceptors (Lipinski definition) is 0. The Bertz CT molecular complexity index is 692. The molecule has 0 saturated heterocycles. The lowest BCUT2D eigenvalue weighted by Crippen LogP contribution is -2.37. The number of hydrogen-bond donors (Lipinski definition) is 0. The Balaban J connectivity index is 2.24. The molecule has 0 amide bonds. The summed E-state index contributed by atoms with van der Waals surface area (Å²) in [6, 6.07) is 0. The minimum Gasteiger partial charge on any atom is -0.234 e. The average molecular weight is 630 g/mol. The van der Waals surface area contributed by atoms with E-state index >= 15 is 0 Å². The van der Waals surface area contributed by atoms with Crippen molar-refractivity contribution in [3.05, 3.63) is 18.2 Å². The van der Waals surface area contributed by atoms with Gasteiger partial charge in [-0.25, -0.2) is 9.13 Å². The third-order valence-corrected chi connectivity index (χ3v) is 10.3. The van der Waals surface area contributed by atoms with Crippen molar-refractivity contribution < 1.29 is 4.57 Å². The predicted octanol–water partition coefficient (Wildman–Crippen LogP) is 14.6. The number of nitrogens with zero attached hydrogens (tertiary/aromatic N) is 2. The quantitative estimate of drug-likeness (QED) is 0.0511. The van der Waals surface area contributed by atoms with Crippen LogP contribution in [0.5, 0.6) is 0 Å². The molecule has 0 saturated carbocycles. The van der Waals surface area contributed by atoms with E-state index in [9.17, 15) is 0 Å². The van der Waals surface area contributed by atoms with E-state index in [1.165, 1.54) is 238 Å². The highest BCUT2D eigenvalue weighted by Gasteiger charge is 2.16. The van der Waals surface area contributed by atoms with E-state index in [-0.39, 0.29) is 0 Å². The highest BCUT2D eigenvalue weighted by atomic mass is 15.1. The summed E-state index contributed by atoms with van der Waals surface area (Å²) < 4.78 is 5.28. The largest absolute Gasteiger partial charge is 0.256 e. The molecule has 266 valence electrons. The van der Waals surface area contributed by atoms with E-state index in [4.69, 9.17) is 0 Å². The highest BCUT2D eigenvalue weighted by molar-refractivity contribution is 4.84. The molecule has 0 aliphatic carbocycles. The first-order valence-corrected chi connectivity index (χ1v) is 21.4. The van der Waals surface area contributed by atoms with Gasteiger partial charge in [-0.1, -0.05) is 207 Å². The summed E-state index contributed by atoms with van der Waals surface area (Å²) in [7, 11) is 0. The number of aryl methyl sites for hydroxylation is 2. The van der Waals surface area contributed by atoms with Crippen LogP contribution in [-0.4, -0.2) is 4.57 Å². The van der Waals surface area contributed by atoms with Crippen LogP contribution in [0.4, 0.5) is 0 Å².